The molecule has 0 spiro atoms. The largest absolute Gasteiger partial charge is 0.417 e. The SMILES string of the molecule is C[C@H]1CNCCN1CC(=O)Nc1ccc(Cl)c(C(F)(F)F)c1.Cl. The van der Waals surface area contributed by atoms with E-state index >= 15 is 0 Å². The Labute approximate surface area is 143 Å². The number of hydrogen-bond donors (Lipinski definition) is 2. The topological polar surface area (TPSA) is 44.4 Å². The van der Waals surface area contributed by atoms with Gasteiger partial charge < -0.3 is 10.6 Å². The summed E-state index contributed by atoms with van der Waals surface area (Å²) in [5.74, 6) is -0.343. The molecule has 0 aromatic heterocycles. The zero-order valence-corrected chi connectivity index (χ0v) is 14.0. The highest BCUT2D eigenvalue weighted by Crippen LogP contribution is 2.36. The van der Waals surface area contributed by atoms with Crippen molar-refractivity contribution in [2.45, 2.75) is 19.1 Å². The molecule has 1 aromatic carbocycles. The van der Waals surface area contributed by atoms with Crippen molar-refractivity contribution in [3.8, 4) is 0 Å². The number of alkyl halides is 3. The third-order valence-electron chi connectivity index (χ3n) is 3.54. The number of benzene rings is 1. The Kier molecular flexibility index (Phi) is 7.13. The van der Waals surface area contributed by atoms with Crippen LogP contribution in [0.1, 0.15) is 12.5 Å². The monoisotopic (exact) mass is 371 g/mol. The first-order chi connectivity index (χ1) is 10.3. The van der Waals surface area contributed by atoms with Gasteiger partial charge in [0.05, 0.1) is 17.1 Å². The fourth-order valence-corrected chi connectivity index (χ4v) is 2.55. The summed E-state index contributed by atoms with van der Waals surface area (Å²) in [6.07, 6.45) is -4.55. The lowest BCUT2D eigenvalue weighted by atomic mass is 10.2. The van der Waals surface area contributed by atoms with Crippen LogP contribution in [0.4, 0.5) is 18.9 Å². The lowest BCUT2D eigenvalue weighted by Gasteiger charge is -2.33. The lowest BCUT2D eigenvalue weighted by Crippen LogP contribution is -2.51. The van der Waals surface area contributed by atoms with Gasteiger partial charge in [-0.15, -0.1) is 12.4 Å². The molecular weight excluding hydrogens is 354 g/mol. The molecule has 0 unspecified atom stereocenters. The van der Waals surface area contributed by atoms with Crippen molar-refractivity contribution in [2.24, 2.45) is 0 Å². The van der Waals surface area contributed by atoms with Gasteiger partial charge in [-0.3, -0.25) is 9.69 Å². The normalized spacial score (nSPS) is 19.1. The molecule has 1 heterocycles. The molecule has 1 aliphatic heterocycles. The smallest absolute Gasteiger partial charge is 0.325 e. The minimum atomic E-state index is -4.55. The van der Waals surface area contributed by atoms with Crippen LogP contribution in [0.15, 0.2) is 18.2 Å². The van der Waals surface area contributed by atoms with Crippen LogP contribution in [-0.2, 0) is 11.0 Å². The lowest BCUT2D eigenvalue weighted by molar-refractivity contribution is -0.137. The van der Waals surface area contributed by atoms with E-state index < -0.39 is 11.7 Å². The quantitative estimate of drug-likeness (QED) is 0.858. The number of nitrogens with one attached hydrogen (secondary N) is 2. The van der Waals surface area contributed by atoms with Gasteiger partial charge in [-0.2, -0.15) is 13.2 Å². The van der Waals surface area contributed by atoms with Gasteiger partial charge in [0, 0.05) is 31.4 Å². The molecule has 0 saturated carbocycles. The molecule has 4 nitrogen and oxygen atoms in total. The van der Waals surface area contributed by atoms with E-state index in [1.165, 1.54) is 6.07 Å². The molecule has 1 amide bonds. The van der Waals surface area contributed by atoms with Crippen molar-refractivity contribution in [2.75, 3.05) is 31.5 Å². The van der Waals surface area contributed by atoms with Crippen LogP contribution in [0.3, 0.4) is 0 Å². The van der Waals surface area contributed by atoms with E-state index in [9.17, 15) is 18.0 Å². The Bertz CT molecular complexity index is 555. The highest BCUT2D eigenvalue weighted by Gasteiger charge is 2.33. The van der Waals surface area contributed by atoms with E-state index in [2.05, 4.69) is 10.6 Å². The van der Waals surface area contributed by atoms with E-state index in [-0.39, 0.29) is 41.6 Å². The molecule has 1 aromatic rings. The minimum Gasteiger partial charge on any atom is -0.325 e. The molecule has 130 valence electrons. The van der Waals surface area contributed by atoms with Gasteiger partial charge in [0.25, 0.3) is 0 Å². The number of carbonyl (C=O) groups excluding carboxylic acids is 1. The van der Waals surface area contributed by atoms with Crippen molar-refractivity contribution in [1.82, 2.24) is 10.2 Å². The Hall–Kier alpha value is -1.02. The third kappa shape index (κ3) is 5.53. The molecule has 23 heavy (non-hydrogen) atoms. The van der Waals surface area contributed by atoms with Crippen LogP contribution in [0.25, 0.3) is 0 Å². The van der Waals surface area contributed by atoms with Crippen LogP contribution >= 0.6 is 24.0 Å². The number of nitrogens with zero attached hydrogens (tertiary/aromatic N) is 1. The highest BCUT2D eigenvalue weighted by atomic mass is 35.5. The van der Waals surface area contributed by atoms with Gasteiger partial charge in [-0.25, -0.2) is 0 Å². The van der Waals surface area contributed by atoms with Gasteiger partial charge in [-0.1, -0.05) is 11.6 Å². The molecule has 1 saturated heterocycles. The standard InChI is InChI=1S/C14H17ClF3N3O.ClH/c1-9-7-19-4-5-21(9)8-13(22)20-10-2-3-12(15)11(6-10)14(16,17)18;/h2-3,6,9,19H,4-5,7-8H2,1H3,(H,20,22);1H/t9-;/m0./s1. The molecule has 1 atom stereocenters. The van der Waals surface area contributed by atoms with Gasteiger partial charge in [0.2, 0.25) is 5.91 Å². The first kappa shape index (κ1) is 20.0. The van der Waals surface area contributed by atoms with E-state index in [1.54, 1.807) is 0 Å². The number of rotatable bonds is 3. The van der Waals surface area contributed by atoms with Crippen LogP contribution < -0.4 is 10.6 Å². The molecular formula is C14H18Cl2F3N3O. The maximum atomic E-state index is 12.8. The number of amides is 1. The van der Waals surface area contributed by atoms with Crippen LogP contribution in [-0.4, -0.2) is 43.0 Å². The molecule has 1 fully saturated rings. The van der Waals surface area contributed by atoms with Crippen molar-refractivity contribution in [3.63, 3.8) is 0 Å². The summed E-state index contributed by atoms with van der Waals surface area (Å²) < 4.78 is 38.3. The van der Waals surface area contributed by atoms with Gasteiger partial charge in [0.15, 0.2) is 0 Å². The molecule has 0 bridgehead atoms. The van der Waals surface area contributed by atoms with E-state index in [0.29, 0.717) is 0 Å². The third-order valence-corrected chi connectivity index (χ3v) is 3.87. The number of carbonyl (C=O) groups is 1. The van der Waals surface area contributed by atoms with Crippen LogP contribution in [0.5, 0.6) is 0 Å². The predicted molar refractivity (Wildman–Crippen MR) is 86.2 cm³/mol. The fourth-order valence-electron chi connectivity index (χ4n) is 2.32. The summed E-state index contributed by atoms with van der Waals surface area (Å²) in [6.45, 7) is 4.43. The summed E-state index contributed by atoms with van der Waals surface area (Å²) in [4.78, 5) is 14.0. The van der Waals surface area contributed by atoms with Crippen molar-refractivity contribution < 1.29 is 18.0 Å². The number of anilines is 1. The molecule has 0 aliphatic carbocycles. The van der Waals surface area contributed by atoms with E-state index in [1.807, 2.05) is 11.8 Å². The highest BCUT2D eigenvalue weighted by molar-refractivity contribution is 6.31. The average molecular weight is 372 g/mol. The maximum Gasteiger partial charge on any atom is 0.417 e. The van der Waals surface area contributed by atoms with Crippen molar-refractivity contribution in [3.05, 3.63) is 28.8 Å². The predicted octanol–water partition coefficient (Wildman–Crippen LogP) is 3.01. The Morgan fingerprint density at radius 2 is 2.17 bits per heavy atom. The number of hydrogen-bond acceptors (Lipinski definition) is 3. The fraction of sp³-hybridized carbons (Fsp3) is 0.500. The van der Waals surface area contributed by atoms with Gasteiger partial charge >= 0.3 is 6.18 Å². The Morgan fingerprint density at radius 1 is 1.48 bits per heavy atom. The van der Waals surface area contributed by atoms with Gasteiger partial charge in [-0.05, 0) is 25.1 Å². The first-order valence-corrected chi connectivity index (χ1v) is 7.26. The van der Waals surface area contributed by atoms with E-state index in [0.717, 1.165) is 31.8 Å². The zero-order chi connectivity index (χ0) is 16.3. The number of piperazine rings is 1. The van der Waals surface area contributed by atoms with Crippen molar-refractivity contribution in [1.29, 1.82) is 0 Å². The zero-order valence-electron chi connectivity index (χ0n) is 12.4. The molecule has 9 heteroatoms. The van der Waals surface area contributed by atoms with E-state index in [4.69, 9.17) is 11.6 Å². The second-order valence-corrected chi connectivity index (χ2v) is 5.67. The number of halogens is 5. The summed E-state index contributed by atoms with van der Waals surface area (Å²) in [6, 6.07) is 3.54. The first-order valence-electron chi connectivity index (χ1n) is 6.89. The van der Waals surface area contributed by atoms with Crippen LogP contribution in [0, 0.1) is 0 Å². The Morgan fingerprint density at radius 3 is 2.78 bits per heavy atom. The summed E-state index contributed by atoms with van der Waals surface area (Å²) >= 11 is 5.54. The molecule has 2 rings (SSSR count). The molecule has 0 radical (unpaired) electrons. The molecule has 2 N–H and O–H groups in total. The second-order valence-electron chi connectivity index (χ2n) is 5.26. The summed E-state index contributed by atoms with van der Waals surface area (Å²) in [5, 5.41) is 5.31. The minimum absolute atomic E-state index is 0. The second kappa shape index (κ2) is 8.19. The summed E-state index contributed by atoms with van der Waals surface area (Å²) in [7, 11) is 0. The van der Waals surface area contributed by atoms with Gasteiger partial charge in [0.1, 0.15) is 0 Å². The van der Waals surface area contributed by atoms with Crippen LogP contribution in [0.2, 0.25) is 5.02 Å². The maximum absolute atomic E-state index is 12.8. The Balaban J connectivity index is 0.00000264. The summed E-state index contributed by atoms with van der Waals surface area (Å²) in [5.41, 5.74) is -0.869. The van der Waals surface area contributed by atoms with Crippen molar-refractivity contribution >= 4 is 35.6 Å². The molecule has 1 aliphatic rings. The average Bonchev–Trinajstić information content (AvgIpc) is 2.42.